The van der Waals surface area contributed by atoms with E-state index in [9.17, 15) is 0 Å². The van der Waals surface area contributed by atoms with E-state index in [-0.39, 0.29) is 6.79 Å². The van der Waals surface area contributed by atoms with Crippen LogP contribution in [-0.2, 0) is 7.05 Å². The number of hydrogen-bond acceptors (Lipinski definition) is 5. The van der Waals surface area contributed by atoms with Crippen molar-refractivity contribution in [3.8, 4) is 34.0 Å². The van der Waals surface area contributed by atoms with Gasteiger partial charge in [-0.05, 0) is 29.8 Å². The van der Waals surface area contributed by atoms with E-state index >= 15 is 0 Å². The summed E-state index contributed by atoms with van der Waals surface area (Å²) in [4.78, 5) is 9.08. The van der Waals surface area contributed by atoms with Gasteiger partial charge in [-0.25, -0.2) is 4.98 Å². The average Bonchev–Trinajstić information content (AvgIpc) is 3.28. The number of nitrogens with zero attached hydrogens (tertiary/aromatic N) is 4. The predicted molar refractivity (Wildman–Crippen MR) is 93.3 cm³/mol. The number of benzene rings is 1. The van der Waals surface area contributed by atoms with Gasteiger partial charge in [-0.2, -0.15) is 5.10 Å². The van der Waals surface area contributed by atoms with Gasteiger partial charge in [0.05, 0.1) is 16.9 Å². The van der Waals surface area contributed by atoms with Gasteiger partial charge in [0.2, 0.25) is 6.79 Å². The second-order valence-electron chi connectivity index (χ2n) is 5.86. The predicted octanol–water partition coefficient (Wildman–Crippen LogP) is 3.43. The zero-order valence-electron chi connectivity index (χ0n) is 13.5. The van der Waals surface area contributed by atoms with Crippen molar-refractivity contribution in [1.82, 2.24) is 19.7 Å². The van der Waals surface area contributed by atoms with Gasteiger partial charge in [0, 0.05) is 42.7 Å². The Labute approximate surface area is 143 Å². The summed E-state index contributed by atoms with van der Waals surface area (Å²) < 4.78 is 12.9. The highest BCUT2D eigenvalue weighted by Gasteiger charge is 2.18. The molecule has 0 bridgehead atoms. The van der Waals surface area contributed by atoms with Crippen molar-refractivity contribution in [2.24, 2.45) is 7.05 Å². The fourth-order valence-corrected chi connectivity index (χ4v) is 3.13. The third kappa shape index (κ3) is 2.22. The molecule has 0 aliphatic carbocycles. The minimum absolute atomic E-state index is 0.239. The highest BCUT2D eigenvalue weighted by atomic mass is 16.7. The van der Waals surface area contributed by atoms with Crippen LogP contribution in [0.25, 0.3) is 33.4 Å². The van der Waals surface area contributed by atoms with Crippen molar-refractivity contribution < 1.29 is 9.47 Å². The lowest BCUT2D eigenvalue weighted by molar-refractivity contribution is 0.174. The molecule has 1 aliphatic rings. The van der Waals surface area contributed by atoms with Crippen LogP contribution >= 0.6 is 0 Å². The molecule has 6 nitrogen and oxygen atoms in total. The SMILES string of the molecule is Cn1nccc1-c1cc(-c2cccnc2)c2cc3c(cc2n1)OCO3. The molecule has 1 aliphatic heterocycles. The zero-order valence-corrected chi connectivity index (χ0v) is 13.5. The minimum atomic E-state index is 0.239. The Bertz CT molecular complexity index is 1090. The first kappa shape index (κ1) is 14.0. The van der Waals surface area contributed by atoms with E-state index in [1.165, 1.54) is 0 Å². The summed E-state index contributed by atoms with van der Waals surface area (Å²) in [6, 6.07) is 11.9. The summed E-state index contributed by atoms with van der Waals surface area (Å²) in [5, 5.41) is 5.26. The molecule has 4 aromatic rings. The average molecular weight is 330 g/mol. The molecule has 4 heterocycles. The van der Waals surface area contributed by atoms with Crippen LogP contribution in [0.2, 0.25) is 0 Å². The second kappa shape index (κ2) is 5.31. The quantitative estimate of drug-likeness (QED) is 0.563. The van der Waals surface area contributed by atoms with E-state index in [2.05, 4.69) is 16.1 Å². The van der Waals surface area contributed by atoms with Crippen LogP contribution in [0.5, 0.6) is 11.5 Å². The highest BCUT2D eigenvalue weighted by Crippen LogP contribution is 2.40. The first-order chi connectivity index (χ1) is 12.3. The Morgan fingerprint density at radius 2 is 1.92 bits per heavy atom. The lowest BCUT2D eigenvalue weighted by Crippen LogP contribution is -1.97. The van der Waals surface area contributed by atoms with Crippen LogP contribution in [0.3, 0.4) is 0 Å². The second-order valence-corrected chi connectivity index (χ2v) is 5.86. The molecule has 0 spiro atoms. The number of rotatable bonds is 2. The molecule has 0 fully saturated rings. The molecule has 0 unspecified atom stereocenters. The van der Waals surface area contributed by atoms with Gasteiger partial charge >= 0.3 is 0 Å². The topological polar surface area (TPSA) is 62.1 Å². The van der Waals surface area contributed by atoms with Gasteiger partial charge in [-0.3, -0.25) is 9.67 Å². The molecular formula is C19H14N4O2. The van der Waals surface area contributed by atoms with Crippen LogP contribution in [0.4, 0.5) is 0 Å². The minimum Gasteiger partial charge on any atom is -0.454 e. The van der Waals surface area contributed by atoms with Crippen LogP contribution in [0, 0.1) is 0 Å². The lowest BCUT2D eigenvalue weighted by Gasteiger charge is -2.11. The molecule has 6 heteroatoms. The maximum absolute atomic E-state index is 5.54. The molecule has 0 N–H and O–H groups in total. The van der Waals surface area contributed by atoms with E-state index in [0.717, 1.165) is 44.9 Å². The largest absolute Gasteiger partial charge is 0.454 e. The van der Waals surface area contributed by atoms with Crippen LogP contribution in [0.1, 0.15) is 0 Å². The fraction of sp³-hybridized carbons (Fsp3) is 0.105. The van der Waals surface area contributed by atoms with E-state index < -0.39 is 0 Å². The van der Waals surface area contributed by atoms with Crippen molar-refractivity contribution in [2.45, 2.75) is 0 Å². The Kier molecular flexibility index (Phi) is 2.97. The molecule has 1 aromatic carbocycles. The third-order valence-corrected chi connectivity index (χ3v) is 4.36. The Morgan fingerprint density at radius 3 is 2.68 bits per heavy atom. The summed E-state index contributed by atoms with van der Waals surface area (Å²) in [5.74, 6) is 1.46. The van der Waals surface area contributed by atoms with Gasteiger partial charge in [-0.1, -0.05) is 6.07 Å². The fourth-order valence-electron chi connectivity index (χ4n) is 3.13. The first-order valence-corrected chi connectivity index (χ1v) is 7.93. The van der Waals surface area contributed by atoms with Crippen molar-refractivity contribution in [3.05, 3.63) is 55.0 Å². The van der Waals surface area contributed by atoms with Gasteiger partial charge < -0.3 is 9.47 Å². The molecule has 5 rings (SSSR count). The van der Waals surface area contributed by atoms with Crippen molar-refractivity contribution >= 4 is 10.9 Å². The number of hydrogen-bond donors (Lipinski definition) is 0. The number of pyridine rings is 2. The van der Waals surface area contributed by atoms with E-state index in [1.54, 1.807) is 12.4 Å². The standard InChI is InChI=1S/C19H14N4O2/c1-23-17(4-6-21-23)16-7-13(12-3-2-5-20-10-12)14-8-18-19(25-11-24-18)9-15(14)22-16/h2-10H,11H2,1H3. The van der Waals surface area contributed by atoms with Crippen LogP contribution in [-0.4, -0.2) is 26.5 Å². The Hall–Kier alpha value is -3.41. The summed E-state index contributed by atoms with van der Waals surface area (Å²) in [7, 11) is 1.91. The van der Waals surface area contributed by atoms with Crippen molar-refractivity contribution in [3.63, 3.8) is 0 Å². The Morgan fingerprint density at radius 1 is 1.04 bits per heavy atom. The zero-order chi connectivity index (χ0) is 16.8. The molecule has 122 valence electrons. The van der Waals surface area contributed by atoms with Gasteiger partial charge in [0.25, 0.3) is 0 Å². The molecule has 0 saturated carbocycles. The molecule has 25 heavy (non-hydrogen) atoms. The number of aryl methyl sites for hydroxylation is 1. The smallest absolute Gasteiger partial charge is 0.231 e. The summed E-state index contributed by atoms with van der Waals surface area (Å²) in [5.41, 5.74) is 4.72. The number of aromatic nitrogens is 4. The molecule has 0 radical (unpaired) electrons. The van der Waals surface area contributed by atoms with Crippen molar-refractivity contribution in [1.29, 1.82) is 0 Å². The van der Waals surface area contributed by atoms with E-state index in [1.807, 2.05) is 48.3 Å². The van der Waals surface area contributed by atoms with Gasteiger partial charge in [-0.15, -0.1) is 0 Å². The maximum Gasteiger partial charge on any atom is 0.231 e. The summed E-state index contributed by atoms with van der Waals surface area (Å²) in [6.07, 6.45) is 5.39. The van der Waals surface area contributed by atoms with E-state index in [4.69, 9.17) is 14.5 Å². The molecular weight excluding hydrogens is 316 g/mol. The van der Waals surface area contributed by atoms with Crippen molar-refractivity contribution in [2.75, 3.05) is 6.79 Å². The van der Waals surface area contributed by atoms with Crippen LogP contribution < -0.4 is 9.47 Å². The van der Waals surface area contributed by atoms with Crippen LogP contribution in [0.15, 0.2) is 55.0 Å². The molecule has 0 amide bonds. The van der Waals surface area contributed by atoms with E-state index in [0.29, 0.717) is 0 Å². The third-order valence-electron chi connectivity index (χ3n) is 4.36. The van der Waals surface area contributed by atoms with Gasteiger partial charge in [0.15, 0.2) is 11.5 Å². The van der Waals surface area contributed by atoms with Gasteiger partial charge in [0.1, 0.15) is 0 Å². The molecule has 0 atom stereocenters. The number of ether oxygens (including phenoxy) is 2. The molecule has 3 aromatic heterocycles. The normalized spacial score (nSPS) is 12.7. The number of fused-ring (bicyclic) bond motifs is 2. The maximum atomic E-state index is 5.54. The molecule has 0 saturated heterocycles. The highest BCUT2D eigenvalue weighted by molar-refractivity contribution is 5.98. The monoisotopic (exact) mass is 330 g/mol. The summed E-state index contributed by atoms with van der Waals surface area (Å²) in [6.45, 7) is 0.239. The lowest BCUT2D eigenvalue weighted by atomic mass is 10.0. The summed E-state index contributed by atoms with van der Waals surface area (Å²) >= 11 is 0. The first-order valence-electron chi connectivity index (χ1n) is 7.93. The Balaban J connectivity index is 1.84.